The first-order valence-electron chi connectivity index (χ1n) is 5.80. The van der Waals surface area contributed by atoms with Gasteiger partial charge in [-0.2, -0.15) is 0 Å². The Balaban J connectivity index is 2.30. The number of carboxylic acid groups (broad SMARTS) is 1. The molecule has 0 spiro atoms. The molecule has 1 amide bonds. The van der Waals surface area contributed by atoms with E-state index >= 15 is 0 Å². The molecule has 1 aromatic rings. The van der Waals surface area contributed by atoms with Crippen LogP contribution in [0, 0.1) is 5.92 Å². The summed E-state index contributed by atoms with van der Waals surface area (Å²) in [6, 6.07) is -0.798. The van der Waals surface area contributed by atoms with Crippen LogP contribution in [0.15, 0.2) is 5.38 Å². The number of anilines is 1. The minimum Gasteiger partial charge on any atom is -0.480 e. The van der Waals surface area contributed by atoms with E-state index in [1.54, 1.807) is 5.38 Å². The number of nitrogen functional groups attached to an aromatic ring is 1. The maximum Gasteiger partial charge on any atom is 0.327 e. The highest BCUT2D eigenvalue weighted by Crippen LogP contribution is 2.35. The molecule has 0 aliphatic carbocycles. The van der Waals surface area contributed by atoms with Crippen molar-refractivity contribution in [3.63, 3.8) is 0 Å². The molecule has 1 saturated heterocycles. The Labute approximate surface area is 119 Å². The molecule has 1 aromatic heterocycles. The van der Waals surface area contributed by atoms with Crippen LogP contribution in [0.1, 0.15) is 24.3 Å². The van der Waals surface area contributed by atoms with Crippen molar-refractivity contribution in [1.82, 2.24) is 9.88 Å². The van der Waals surface area contributed by atoms with Gasteiger partial charge in [-0.05, 0) is 5.92 Å². The molecule has 1 fully saturated rings. The fourth-order valence-electron chi connectivity index (χ4n) is 2.01. The molecule has 2 heterocycles. The van der Waals surface area contributed by atoms with E-state index in [9.17, 15) is 14.7 Å². The molecule has 2 atom stereocenters. The third-order valence-electron chi connectivity index (χ3n) is 2.87. The fraction of sp³-hybridized carbons (Fsp3) is 0.545. The van der Waals surface area contributed by atoms with E-state index in [2.05, 4.69) is 4.98 Å². The number of aromatic nitrogens is 1. The van der Waals surface area contributed by atoms with Gasteiger partial charge in [-0.25, -0.2) is 9.78 Å². The van der Waals surface area contributed by atoms with E-state index in [-0.39, 0.29) is 22.9 Å². The first kappa shape index (κ1) is 14.1. The minimum atomic E-state index is -0.979. The molecule has 104 valence electrons. The standard InChI is InChI=1S/C11H15N3O3S2/c1-5(2)9-14(7(4-18-9)10(16)17)8(15)6-3-19-11(12)13-6/h3,5,7,9H,4H2,1-2H3,(H2,12,13)(H,16,17). The van der Waals surface area contributed by atoms with Crippen LogP contribution in [0.4, 0.5) is 5.13 Å². The largest absolute Gasteiger partial charge is 0.480 e. The van der Waals surface area contributed by atoms with Crippen molar-refractivity contribution >= 4 is 40.1 Å². The van der Waals surface area contributed by atoms with Crippen molar-refractivity contribution in [2.24, 2.45) is 5.92 Å². The molecule has 3 N–H and O–H groups in total. The molecule has 0 bridgehead atoms. The average Bonchev–Trinajstić information content (AvgIpc) is 2.93. The highest BCUT2D eigenvalue weighted by Gasteiger charge is 2.43. The highest BCUT2D eigenvalue weighted by molar-refractivity contribution is 8.00. The van der Waals surface area contributed by atoms with Crippen LogP contribution in [-0.4, -0.2) is 44.0 Å². The van der Waals surface area contributed by atoms with Gasteiger partial charge in [-0.1, -0.05) is 13.8 Å². The molecule has 8 heteroatoms. The molecular weight excluding hydrogens is 286 g/mol. The number of nitrogens with two attached hydrogens (primary N) is 1. The van der Waals surface area contributed by atoms with Gasteiger partial charge in [0.1, 0.15) is 11.7 Å². The molecular formula is C11H15N3O3S2. The van der Waals surface area contributed by atoms with Gasteiger partial charge in [0.2, 0.25) is 0 Å². The molecule has 1 aliphatic heterocycles. The second kappa shape index (κ2) is 5.38. The number of thioether (sulfide) groups is 1. The summed E-state index contributed by atoms with van der Waals surface area (Å²) in [7, 11) is 0. The van der Waals surface area contributed by atoms with E-state index in [4.69, 9.17) is 5.73 Å². The Morgan fingerprint density at radius 3 is 2.74 bits per heavy atom. The van der Waals surface area contributed by atoms with Crippen LogP contribution in [-0.2, 0) is 4.79 Å². The van der Waals surface area contributed by atoms with E-state index in [0.717, 1.165) is 0 Å². The first-order valence-corrected chi connectivity index (χ1v) is 7.72. The van der Waals surface area contributed by atoms with Crippen LogP contribution in [0.25, 0.3) is 0 Å². The van der Waals surface area contributed by atoms with Crippen LogP contribution in [0.3, 0.4) is 0 Å². The Morgan fingerprint density at radius 1 is 1.58 bits per heavy atom. The summed E-state index contributed by atoms with van der Waals surface area (Å²) in [6.07, 6.45) is 0. The zero-order chi connectivity index (χ0) is 14.2. The maximum absolute atomic E-state index is 12.4. The van der Waals surface area contributed by atoms with Gasteiger partial charge in [0.15, 0.2) is 5.13 Å². The Kier molecular flexibility index (Phi) is 4.00. The molecule has 0 saturated carbocycles. The van der Waals surface area contributed by atoms with Gasteiger partial charge in [0.05, 0.1) is 5.37 Å². The first-order chi connectivity index (χ1) is 8.91. The van der Waals surface area contributed by atoms with E-state index in [0.29, 0.717) is 10.9 Å². The Hall–Kier alpha value is -1.28. The third kappa shape index (κ3) is 2.69. The highest BCUT2D eigenvalue weighted by atomic mass is 32.2. The SMILES string of the molecule is CC(C)C1SCC(C(=O)O)N1C(=O)c1csc(N)n1. The van der Waals surface area contributed by atoms with Gasteiger partial charge in [0, 0.05) is 11.1 Å². The molecule has 19 heavy (non-hydrogen) atoms. The van der Waals surface area contributed by atoms with E-state index in [1.807, 2.05) is 13.8 Å². The smallest absolute Gasteiger partial charge is 0.327 e. The van der Waals surface area contributed by atoms with Crippen molar-refractivity contribution in [1.29, 1.82) is 0 Å². The molecule has 2 rings (SSSR count). The quantitative estimate of drug-likeness (QED) is 0.874. The summed E-state index contributed by atoms with van der Waals surface area (Å²) in [5, 5.41) is 11.0. The Morgan fingerprint density at radius 2 is 2.26 bits per heavy atom. The number of carboxylic acids is 1. The van der Waals surface area contributed by atoms with Crippen molar-refractivity contribution in [2.75, 3.05) is 11.5 Å². The maximum atomic E-state index is 12.4. The lowest BCUT2D eigenvalue weighted by atomic mass is 10.1. The summed E-state index contributed by atoms with van der Waals surface area (Å²) in [6.45, 7) is 3.94. The summed E-state index contributed by atoms with van der Waals surface area (Å²) < 4.78 is 0. The van der Waals surface area contributed by atoms with Crippen LogP contribution in [0.5, 0.6) is 0 Å². The lowest BCUT2D eigenvalue weighted by molar-refractivity contribution is -0.141. The van der Waals surface area contributed by atoms with Crippen molar-refractivity contribution in [2.45, 2.75) is 25.3 Å². The van der Waals surface area contributed by atoms with Crippen LogP contribution >= 0.6 is 23.1 Å². The molecule has 6 nitrogen and oxygen atoms in total. The number of nitrogens with zero attached hydrogens (tertiary/aromatic N) is 2. The van der Waals surface area contributed by atoms with E-state index in [1.165, 1.54) is 28.0 Å². The average molecular weight is 301 g/mol. The summed E-state index contributed by atoms with van der Waals surface area (Å²) in [5.41, 5.74) is 5.74. The lowest BCUT2D eigenvalue weighted by Gasteiger charge is -2.29. The van der Waals surface area contributed by atoms with Crippen molar-refractivity contribution in [3.8, 4) is 0 Å². The number of rotatable bonds is 3. The Bertz CT molecular complexity index is 503. The summed E-state index contributed by atoms with van der Waals surface area (Å²) in [5.74, 6) is -0.755. The minimum absolute atomic E-state index is 0.142. The van der Waals surface area contributed by atoms with Gasteiger partial charge in [-0.3, -0.25) is 4.79 Å². The second-order valence-electron chi connectivity index (χ2n) is 4.61. The molecule has 1 aliphatic rings. The number of aliphatic carboxylic acids is 1. The summed E-state index contributed by atoms with van der Waals surface area (Å²) in [4.78, 5) is 29.1. The van der Waals surface area contributed by atoms with E-state index < -0.39 is 12.0 Å². The second-order valence-corrected chi connectivity index (χ2v) is 6.64. The van der Waals surface area contributed by atoms with Crippen molar-refractivity contribution < 1.29 is 14.7 Å². The zero-order valence-electron chi connectivity index (χ0n) is 10.6. The van der Waals surface area contributed by atoms with Gasteiger partial charge in [-0.15, -0.1) is 23.1 Å². The summed E-state index contributed by atoms with van der Waals surface area (Å²) >= 11 is 2.67. The number of hydrogen-bond acceptors (Lipinski definition) is 6. The number of carbonyl (C=O) groups excluding carboxylic acids is 1. The monoisotopic (exact) mass is 301 g/mol. The normalized spacial score (nSPS) is 23.0. The topological polar surface area (TPSA) is 96.5 Å². The fourth-order valence-corrected chi connectivity index (χ4v) is 4.01. The number of hydrogen-bond donors (Lipinski definition) is 2. The molecule has 2 unspecified atom stereocenters. The zero-order valence-corrected chi connectivity index (χ0v) is 12.2. The number of amides is 1. The van der Waals surface area contributed by atoms with Gasteiger partial charge < -0.3 is 15.7 Å². The lowest BCUT2D eigenvalue weighted by Crippen LogP contribution is -2.47. The predicted octanol–water partition coefficient (Wildman–Crippen LogP) is 1.35. The number of carbonyl (C=O) groups is 2. The molecule has 0 radical (unpaired) electrons. The van der Waals surface area contributed by atoms with Gasteiger partial charge >= 0.3 is 5.97 Å². The van der Waals surface area contributed by atoms with Crippen LogP contribution in [0.2, 0.25) is 0 Å². The van der Waals surface area contributed by atoms with Crippen LogP contribution < -0.4 is 5.73 Å². The number of thiazole rings is 1. The van der Waals surface area contributed by atoms with Gasteiger partial charge in [0.25, 0.3) is 5.91 Å². The third-order valence-corrected chi connectivity index (χ3v) is 5.16. The predicted molar refractivity (Wildman–Crippen MR) is 75.2 cm³/mol. The molecule has 0 aromatic carbocycles. The van der Waals surface area contributed by atoms with Crippen molar-refractivity contribution in [3.05, 3.63) is 11.1 Å².